The first-order valence-corrected chi connectivity index (χ1v) is 7.08. The van der Waals surface area contributed by atoms with Crippen molar-refractivity contribution < 1.29 is 15.0 Å². The minimum Gasteiger partial charge on any atom is -0.481 e. The average Bonchev–Trinajstić information content (AvgIpc) is 2.84. The van der Waals surface area contributed by atoms with Gasteiger partial charge in [0.05, 0.1) is 0 Å². The van der Waals surface area contributed by atoms with Crippen molar-refractivity contribution in [3.05, 3.63) is 35.9 Å². The van der Waals surface area contributed by atoms with Crippen LogP contribution in [0, 0.1) is 0 Å². The quantitative estimate of drug-likeness (QED) is 0.892. The van der Waals surface area contributed by atoms with Gasteiger partial charge in [-0.3, -0.25) is 4.79 Å². The molecule has 1 fully saturated rings. The van der Waals surface area contributed by atoms with E-state index in [4.69, 9.17) is 5.11 Å². The van der Waals surface area contributed by atoms with E-state index in [2.05, 4.69) is 4.90 Å². The van der Waals surface area contributed by atoms with Gasteiger partial charge in [0.2, 0.25) is 0 Å². The van der Waals surface area contributed by atoms with Crippen LogP contribution in [0.2, 0.25) is 0 Å². The molecule has 0 saturated heterocycles. The summed E-state index contributed by atoms with van der Waals surface area (Å²) in [6.07, 6.45) is 3.28. The number of benzene rings is 1. The molecule has 4 nitrogen and oxygen atoms in total. The van der Waals surface area contributed by atoms with E-state index in [1.807, 2.05) is 44.4 Å². The molecule has 0 amide bonds. The molecule has 112 valence electrons. The molecule has 4 heteroatoms. The van der Waals surface area contributed by atoms with Crippen molar-refractivity contribution in [3.63, 3.8) is 0 Å². The first-order valence-electron chi connectivity index (χ1n) is 7.08. The average molecular weight is 279 g/mol. The predicted molar refractivity (Wildman–Crippen MR) is 79.6 cm³/mol. The Labute approximate surface area is 121 Å². The molecule has 1 aromatic carbocycles. The largest absolute Gasteiger partial charge is 0.481 e. The second kappa shape index (κ2) is 7.41. The Bertz CT molecular complexity index is 419. The number of nitrogens with zero attached hydrogens (tertiary/aromatic N) is 1. The lowest BCUT2D eigenvalue weighted by molar-refractivity contribution is -0.136. The van der Waals surface area contributed by atoms with Gasteiger partial charge in [-0.1, -0.05) is 37.3 Å². The molecule has 0 aromatic heterocycles. The van der Waals surface area contributed by atoms with Gasteiger partial charge < -0.3 is 15.1 Å². The highest BCUT2D eigenvalue weighted by molar-refractivity contribution is 5.66. The van der Waals surface area contributed by atoms with Crippen LogP contribution >= 0.6 is 0 Å². The van der Waals surface area contributed by atoms with Gasteiger partial charge in [0, 0.05) is 12.5 Å². The topological polar surface area (TPSA) is 60.8 Å². The number of aliphatic hydroxyl groups is 1. The molecule has 0 aliphatic heterocycles. The Morgan fingerprint density at radius 2 is 1.90 bits per heavy atom. The molecule has 0 spiro atoms. The van der Waals surface area contributed by atoms with Gasteiger partial charge in [-0.25, -0.2) is 0 Å². The zero-order valence-electron chi connectivity index (χ0n) is 12.5. The molecule has 1 aliphatic rings. The highest BCUT2D eigenvalue weighted by Gasteiger charge is 2.43. The molecule has 0 bridgehead atoms. The summed E-state index contributed by atoms with van der Waals surface area (Å²) in [5, 5.41) is 18.5. The van der Waals surface area contributed by atoms with Crippen molar-refractivity contribution in [2.75, 3.05) is 14.1 Å². The second-order valence-corrected chi connectivity index (χ2v) is 5.41. The third-order valence-corrected chi connectivity index (χ3v) is 3.79. The zero-order valence-corrected chi connectivity index (χ0v) is 12.5. The maximum absolute atomic E-state index is 10.8. The smallest absolute Gasteiger partial charge is 0.303 e. The zero-order chi connectivity index (χ0) is 15.2. The summed E-state index contributed by atoms with van der Waals surface area (Å²) in [6, 6.07) is 10.3. The maximum atomic E-state index is 10.8. The van der Waals surface area contributed by atoms with Crippen LogP contribution in [0.4, 0.5) is 0 Å². The monoisotopic (exact) mass is 279 g/mol. The van der Waals surface area contributed by atoms with Crippen molar-refractivity contribution in [3.8, 4) is 0 Å². The van der Waals surface area contributed by atoms with Crippen LogP contribution in [0.25, 0.3) is 0 Å². The van der Waals surface area contributed by atoms with E-state index in [-0.39, 0.29) is 12.5 Å². The van der Waals surface area contributed by atoms with Crippen molar-refractivity contribution >= 4 is 5.97 Å². The van der Waals surface area contributed by atoms with Crippen molar-refractivity contribution in [1.82, 2.24) is 4.90 Å². The summed E-state index contributed by atoms with van der Waals surface area (Å²) in [6.45, 7) is 1.60. The SMILES string of the molecule is CCC(=O)O.CN(C)[C@H]1CCCC1(O)c1ccccc1. The maximum Gasteiger partial charge on any atom is 0.303 e. The lowest BCUT2D eigenvalue weighted by Gasteiger charge is -2.35. The van der Waals surface area contributed by atoms with E-state index in [0.29, 0.717) is 0 Å². The molecular formula is C16H25NO3. The van der Waals surface area contributed by atoms with E-state index in [1.165, 1.54) is 0 Å². The highest BCUT2D eigenvalue weighted by atomic mass is 16.4. The van der Waals surface area contributed by atoms with E-state index >= 15 is 0 Å². The van der Waals surface area contributed by atoms with E-state index in [1.54, 1.807) is 6.92 Å². The standard InChI is InChI=1S/C13H19NO.C3H6O2/c1-14(2)12-9-6-10-13(12,15)11-7-4-3-5-8-11;1-2-3(4)5/h3-5,7-8,12,15H,6,9-10H2,1-2H3;2H2,1H3,(H,4,5)/t12-,13?;/m0./s1. The molecule has 20 heavy (non-hydrogen) atoms. The van der Waals surface area contributed by atoms with Crippen molar-refractivity contribution in [2.45, 2.75) is 44.2 Å². The first-order chi connectivity index (χ1) is 9.41. The number of hydrogen-bond acceptors (Lipinski definition) is 3. The fourth-order valence-corrected chi connectivity index (χ4v) is 2.72. The second-order valence-electron chi connectivity index (χ2n) is 5.41. The number of carboxylic acids is 1. The third-order valence-electron chi connectivity index (χ3n) is 3.79. The molecule has 2 N–H and O–H groups in total. The Hall–Kier alpha value is -1.39. The summed E-state index contributed by atoms with van der Waals surface area (Å²) in [5.41, 5.74) is 0.409. The van der Waals surface area contributed by atoms with Gasteiger partial charge in [-0.15, -0.1) is 0 Å². The van der Waals surface area contributed by atoms with Crippen LogP contribution in [0.3, 0.4) is 0 Å². The van der Waals surface area contributed by atoms with Crippen LogP contribution in [0.1, 0.15) is 38.2 Å². The van der Waals surface area contributed by atoms with E-state index < -0.39 is 11.6 Å². The van der Waals surface area contributed by atoms with E-state index in [9.17, 15) is 9.90 Å². The summed E-state index contributed by atoms with van der Waals surface area (Å²) in [4.78, 5) is 11.5. The Kier molecular flexibility index (Phi) is 6.17. The molecule has 1 aliphatic carbocycles. The normalized spacial score (nSPS) is 25.1. The number of likely N-dealkylation sites (N-methyl/N-ethyl adjacent to an activating group) is 1. The molecule has 0 heterocycles. The fraction of sp³-hybridized carbons (Fsp3) is 0.562. The van der Waals surface area contributed by atoms with Crippen molar-refractivity contribution in [2.24, 2.45) is 0 Å². The number of rotatable bonds is 3. The minimum absolute atomic E-state index is 0.222. The fourth-order valence-electron chi connectivity index (χ4n) is 2.72. The molecule has 1 saturated carbocycles. The van der Waals surface area contributed by atoms with Gasteiger partial charge in [0.1, 0.15) is 5.60 Å². The summed E-state index contributed by atoms with van der Waals surface area (Å²) >= 11 is 0. The number of carboxylic acid groups (broad SMARTS) is 1. The summed E-state index contributed by atoms with van der Waals surface area (Å²) in [7, 11) is 4.09. The van der Waals surface area contributed by atoms with Gasteiger partial charge in [0.25, 0.3) is 0 Å². The molecular weight excluding hydrogens is 254 g/mol. The third kappa shape index (κ3) is 4.05. The van der Waals surface area contributed by atoms with Crippen LogP contribution in [-0.2, 0) is 10.4 Å². The van der Waals surface area contributed by atoms with Gasteiger partial charge in [-0.05, 0) is 38.9 Å². The molecule has 2 rings (SSSR count). The Balaban J connectivity index is 0.000000347. The van der Waals surface area contributed by atoms with Gasteiger partial charge in [-0.2, -0.15) is 0 Å². The molecule has 1 aromatic rings. The number of hydrogen-bond donors (Lipinski definition) is 2. The van der Waals surface area contributed by atoms with Crippen LogP contribution in [0.15, 0.2) is 30.3 Å². The van der Waals surface area contributed by atoms with E-state index in [0.717, 1.165) is 24.8 Å². The Morgan fingerprint density at radius 3 is 2.35 bits per heavy atom. The summed E-state index contributed by atoms with van der Waals surface area (Å²) in [5.74, 6) is -0.745. The van der Waals surface area contributed by atoms with Crippen LogP contribution in [0.5, 0.6) is 0 Å². The van der Waals surface area contributed by atoms with Crippen LogP contribution in [-0.4, -0.2) is 41.2 Å². The van der Waals surface area contributed by atoms with Gasteiger partial charge >= 0.3 is 5.97 Å². The first kappa shape index (κ1) is 16.7. The molecule has 2 atom stereocenters. The lowest BCUT2D eigenvalue weighted by atomic mass is 9.88. The van der Waals surface area contributed by atoms with Gasteiger partial charge in [0.15, 0.2) is 0 Å². The highest BCUT2D eigenvalue weighted by Crippen LogP contribution is 2.40. The molecule has 1 unspecified atom stereocenters. The number of carbonyl (C=O) groups is 1. The minimum atomic E-state index is -0.745. The lowest BCUT2D eigenvalue weighted by Crippen LogP contribution is -2.43. The number of aliphatic carboxylic acids is 1. The van der Waals surface area contributed by atoms with Crippen molar-refractivity contribution in [1.29, 1.82) is 0 Å². The summed E-state index contributed by atoms with van der Waals surface area (Å²) < 4.78 is 0. The van der Waals surface area contributed by atoms with Crippen LogP contribution < -0.4 is 0 Å². The predicted octanol–water partition coefficient (Wildman–Crippen LogP) is 2.47. The molecule has 0 radical (unpaired) electrons. The Morgan fingerprint density at radius 1 is 1.35 bits per heavy atom.